The molecule has 0 aliphatic rings. The maximum atomic E-state index is 13.1. The maximum Gasteiger partial charge on any atom is 0.339 e. The van der Waals surface area contributed by atoms with Crippen LogP contribution in [0.4, 0.5) is 5.69 Å². The Balaban J connectivity index is 2.51. The Labute approximate surface area is 168 Å². The van der Waals surface area contributed by atoms with Gasteiger partial charge in [0.2, 0.25) is 0 Å². The number of esters is 1. The number of ether oxygens (including phenoxy) is 2. The quantitative estimate of drug-likeness (QED) is 0.607. The number of hydrogen-bond donors (Lipinski definition) is 0. The first kappa shape index (κ1) is 21.3. The zero-order valence-corrected chi connectivity index (χ0v) is 17.4. The third kappa shape index (κ3) is 4.48. The van der Waals surface area contributed by atoms with Gasteiger partial charge in [0.25, 0.3) is 10.0 Å². The number of anilines is 1. The molecule has 146 valence electrons. The van der Waals surface area contributed by atoms with Crippen LogP contribution in [0.25, 0.3) is 0 Å². The highest BCUT2D eigenvalue weighted by molar-refractivity contribution is 7.92. The van der Waals surface area contributed by atoms with E-state index in [2.05, 4.69) is 0 Å². The zero-order valence-electron chi connectivity index (χ0n) is 15.0. The summed E-state index contributed by atoms with van der Waals surface area (Å²) in [5.41, 5.74) is 0.384. The van der Waals surface area contributed by atoms with Crippen LogP contribution in [0.2, 0.25) is 10.0 Å². The highest BCUT2D eigenvalue weighted by Gasteiger charge is 2.26. The molecule has 0 bridgehead atoms. The number of hydrogen-bond acceptors (Lipinski definition) is 5. The van der Waals surface area contributed by atoms with Crippen LogP contribution in [0.5, 0.6) is 5.75 Å². The molecular formula is C18H19Cl2NO5S. The number of halogens is 2. The van der Waals surface area contributed by atoms with Crippen LogP contribution >= 0.6 is 23.2 Å². The zero-order chi connectivity index (χ0) is 20.2. The molecule has 2 aromatic rings. The second-order valence-corrected chi connectivity index (χ2v) is 8.03. The van der Waals surface area contributed by atoms with E-state index >= 15 is 0 Å². The SMILES string of the molecule is CCOC(=O)c1cc(N(CC)S(=O)(=O)c2ccc(OC)c(Cl)c2)ccc1Cl. The van der Waals surface area contributed by atoms with E-state index in [1.54, 1.807) is 13.8 Å². The Bertz CT molecular complexity index is 947. The van der Waals surface area contributed by atoms with E-state index in [0.717, 1.165) is 4.31 Å². The van der Waals surface area contributed by atoms with Crippen LogP contribution in [0, 0.1) is 0 Å². The fraction of sp³-hybridized carbons (Fsp3) is 0.278. The fourth-order valence-corrected chi connectivity index (χ4v) is 4.47. The first-order valence-corrected chi connectivity index (χ1v) is 10.3. The lowest BCUT2D eigenvalue weighted by Gasteiger charge is -2.24. The van der Waals surface area contributed by atoms with Crippen molar-refractivity contribution in [2.75, 3.05) is 24.6 Å². The number of carbonyl (C=O) groups excluding carboxylic acids is 1. The standard InChI is InChI=1S/C18H19Cl2NO5S/c1-4-21(12-6-8-15(19)14(10-12)18(22)26-5-2)27(23,24)13-7-9-17(25-3)16(20)11-13/h6-11H,4-5H2,1-3H3. The molecule has 0 aromatic heterocycles. The fourth-order valence-electron chi connectivity index (χ4n) is 2.46. The first-order chi connectivity index (χ1) is 12.8. The second-order valence-electron chi connectivity index (χ2n) is 5.35. The first-order valence-electron chi connectivity index (χ1n) is 8.09. The third-order valence-corrected chi connectivity index (χ3v) is 6.26. The predicted molar refractivity (Wildman–Crippen MR) is 106 cm³/mol. The summed E-state index contributed by atoms with van der Waals surface area (Å²) in [6.07, 6.45) is 0. The summed E-state index contributed by atoms with van der Waals surface area (Å²) in [5.74, 6) is -0.250. The van der Waals surface area contributed by atoms with Gasteiger partial charge in [-0.05, 0) is 50.2 Å². The Kier molecular flexibility index (Phi) is 6.97. The Hall–Kier alpha value is -1.96. The lowest BCUT2D eigenvalue weighted by atomic mass is 10.2. The minimum absolute atomic E-state index is 0.00258. The summed E-state index contributed by atoms with van der Waals surface area (Å²) in [7, 11) is -2.48. The predicted octanol–water partition coefficient (Wildman–Crippen LogP) is 4.39. The molecule has 0 fully saturated rings. The maximum absolute atomic E-state index is 13.1. The molecule has 0 N–H and O–H groups in total. The van der Waals surface area contributed by atoms with Gasteiger partial charge in [0, 0.05) is 6.54 Å². The number of rotatable bonds is 7. The van der Waals surface area contributed by atoms with Crippen molar-refractivity contribution in [3.63, 3.8) is 0 Å². The van der Waals surface area contributed by atoms with Crippen LogP contribution in [0.15, 0.2) is 41.3 Å². The van der Waals surface area contributed by atoms with Gasteiger partial charge in [0.1, 0.15) is 5.75 Å². The number of sulfonamides is 1. The molecule has 0 saturated carbocycles. The van der Waals surface area contributed by atoms with Gasteiger partial charge >= 0.3 is 5.97 Å². The van der Waals surface area contributed by atoms with Crippen molar-refractivity contribution >= 4 is 44.9 Å². The minimum Gasteiger partial charge on any atom is -0.495 e. The van der Waals surface area contributed by atoms with Crippen molar-refractivity contribution in [2.24, 2.45) is 0 Å². The van der Waals surface area contributed by atoms with Crippen molar-refractivity contribution in [1.82, 2.24) is 0 Å². The molecule has 0 heterocycles. The van der Waals surface area contributed by atoms with Gasteiger partial charge in [-0.15, -0.1) is 0 Å². The van der Waals surface area contributed by atoms with Crippen LogP contribution in [-0.4, -0.2) is 34.6 Å². The molecule has 2 aromatic carbocycles. The van der Waals surface area contributed by atoms with Crippen LogP contribution < -0.4 is 9.04 Å². The minimum atomic E-state index is -3.92. The van der Waals surface area contributed by atoms with Crippen LogP contribution in [0.3, 0.4) is 0 Å². The molecule has 0 amide bonds. The summed E-state index contributed by atoms with van der Waals surface area (Å²) >= 11 is 12.1. The third-order valence-electron chi connectivity index (χ3n) is 3.73. The van der Waals surface area contributed by atoms with Gasteiger partial charge in [-0.1, -0.05) is 23.2 Å². The number of benzene rings is 2. The van der Waals surface area contributed by atoms with Gasteiger partial charge < -0.3 is 9.47 Å². The molecule has 0 radical (unpaired) electrons. The topological polar surface area (TPSA) is 72.9 Å². The van der Waals surface area contributed by atoms with Crippen LogP contribution in [-0.2, 0) is 14.8 Å². The Morgan fingerprint density at radius 3 is 2.33 bits per heavy atom. The number of carbonyl (C=O) groups is 1. The molecule has 27 heavy (non-hydrogen) atoms. The normalized spacial score (nSPS) is 11.1. The summed E-state index contributed by atoms with van der Waals surface area (Å²) in [4.78, 5) is 12.1. The highest BCUT2D eigenvalue weighted by atomic mass is 35.5. The molecule has 2 rings (SSSR count). The van der Waals surface area contributed by atoms with E-state index in [-0.39, 0.29) is 39.3 Å². The van der Waals surface area contributed by atoms with Gasteiger partial charge in [-0.25, -0.2) is 13.2 Å². The van der Waals surface area contributed by atoms with Gasteiger partial charge in [0.15, 0.2) is 0 Å². The van der Waals surface area contributed by atoms with Gasteiger partial charge in [0.05, 0.1) is 39.9 Å². The van der Waals surface area contributed by atoms with E-state index in [9.17, 15) is 13.2 Å². The molecular weight excluding hydrogens is 413 g/mol. The van der Waals surface area contributed by atoms with Crippen molar-refractivity contribution in [1.29, 1.82) is 0 Å². The smallest absolute Gasteiger partial charge is 0.339 e. The molecule has 0 aliphatic carbocycles. The molecule has 0 spiro atoms. The lowest BCUT2D eigenvalue weighted by Crippen LogP contribution is -2.31. The van der Waals surface area contributed by atoms with E-state index in [1.165, 1.54) is 43.5 Å². The second kappa shape index (κ2) is 8.82. The van der Waals surface area contributed by atoms with E-state index in [1.807, 2.05) is 0 Å². The van der Waals surface area contributed by atoms with Gasteiger partial charge in [-0.2, -0.15) is 0 Å². The van der Waals surface area contributed by atoms with Crippen molar-refractivity contribution in [3.8, 4) is 5.75 Å². The van der Waals surface area contributed by atoms with Crippen molar-refractivity contribution < 1.29 is 22.7 Å². The monoisotopic (exact) mass is 431 g/mol. The van der Waals surface area contributed by atoms with E-state index in [0.29, 0.717) is 5.75 Å². The van der Waals surface area contributed by atoms with Gasteiger partial charge in [-0.3, -0.25) is 4.31 Å². The molecule has 9 heteroatoms. The summed E-state index contributed by atoms with van der Waals surface area (Å²) in [6.45, 7) is 3.67. The average Bonchev–Trinajstić information content (AvgIpc) is 2.63. The number of nitrogens with zero attached hydrogens (tertiary/aromatic N) is 1. The van der Waals surface area contributed by atoms with Crippen LogP contribution in [0.1, 0.15) is 24.2 Å². The molecule has 0 aliphatic heterocycles. The Morgan fingerprint density at radius 1 is 1.07 bits per heavy atom. The largest absolute Gasteiger partial charge is 0.495 e. The number of methoxy groups -OCH3 is 1. The molecule has 0 saturated heterocycles. The lowest BCUT2D eigenvalue weighted by molar-refractivity contribution is 0.0526. The molecule has 0 atom stereocenters. The average molecular weight is 432 g/mol. The summed E-state index contributed by atoms with van der Waals surface area (Å²) < 4.78 is 37.3. The Morgan fingerprint density at radius 2 is 1.78 bits per heavy atom. The molecule has 0 unspecified atom stereocenters. The summed E-state index contributed by atoms with van der Waals surface area (Å²) in [6, 6.07) is 8.59. The van der Waals surface area contributed by atoms with Crippen molar-refractivity contribution in [2.45, 2.75) is 18.7 Å². The summed E-state index contributed by atoms with van der Waals surface area (Å²) in [5, 5.41) is 0.357. The van der Waals surface area contributed by atoms with E-state index < -0.39 is 16.0 Å². The highest BCUT2D eigenvalue weighted by Crippen LogP contribution is 2.31. The molecule has 6 nitrogen and oxygen atoms in total. The van der Waals surface area contributed by atoms with Crippen molar-refractivity contribution in [3.05, 3.63) is 52.0 Å². The van der Waals surface area contributed by atoms with E-state index in [4.69, 9.17) is 32.7 Å².